The van der Waals surface area contributed by atoms with Gasteiger partial charge in [-0.05, 0) is 57.2 Å². The van der Waals surface area contributed by atoms with Crippen LogP contribution in [0, 0.1) is 11.7 Å². The van der Waals surface area contributed by atoms with E-state index in [-0.39, 0.29) is 43.7 Å². The van der Waals surface area contributed by atoms with E-state index in [4.69, 9.17) is 5.73 Å². The third-order valence-corrected chi connectivity index (χ3v) is 12.6. The molecule has 2 aliphatic heterocycles. The Labute approximate surface area is 311 Å². The molecule has 0 radical (unpaired) electrons. The maximum atomic E-state index is 14.8. The Morgan fingerprint density at radius 2 is 1.78 bits per heavy atom. The number of carbonyl (C=O) groups excluding carboxylic acids is 5. The topological polar surface area (TPSA) is 237 Å². The predicted octanol–water partition coefficient (Wildman–Crippen LogP) is 1.22. The third-order valence-electron chi connectivity index (χ3n) is 10.9. The Morgan fingerprint density at radius 3 is 2.44 bits per heavy atom. The molecule has 3 atom stereocenters. The predicted molar refractivity (Wildman–Crippen MR) is 192 cm³/mol. The van der Waals surface area contributed by atoms with Crippen LogP contribution < -0.4 is 16.4 Å². The van der Waals surface area contributed by atoms with Gasteiger partial charge in [0.2, 0.25) is 17.6 Å². The summed E-state index contributed by atoms with van der Waals surface area (Å²) in [4.78, 5) is 73.8. The number of aliphatic hydroxyl groups is 1. The number of primary amides is 1. The van der Waals surface area contributed by atoms with E-state index in [9.17, 15) is 41.9 Å². The molecular weight excluding hydrogens is 724 g/mol. The van der Waals surface area contributed by atoms with E-state index in [0.29, 0.717) is 16.6 Å². The summed E-state index contributed by atoms with van der Waals surface area (Å²) in [5.41, 5.74) is 2.86. The zero-order chi connectivity index (χ0) is 39.0. The van der Waals surface area contributed by atoms with Crippen LogP contribution in [-0.2, 0) is 34.6 Å². The SMILES string of the molecule is CC(C)(O)c1cnnn1[C@H]1C[C@@H](C(=O)NC2(C(=O)C(N)=O)CCS(=O)(=O)CC2)N(C(=O)[C@@H](CC2CCCCC2)NC(=O)c2cnc3cc(F)ccc3c2)C1. The van der Waals surface area contributed by atoms with E-state index in [1.54, 1.807) is 6.07 Å². The summed E-state index contributed by atoms with van der Waals surface area (Å²) in [6.45, 7) is 2.97. The van der Waals surface area contributed by atoms with Gasteiger partial charge in [0.25, 0.3) is 11.8 Å². The van der Waals surface area contributed by atoms with Gasteiger partial charge in [-0.25, -0.2) is 17.5 Å². The number of hydrogen-bond acceptors (Lipinski definition) is 11. The van der Waals surface area contributed by atoms with Gasteiger partial charge in [-0.15, -0.1) is 5.10 Å². The number of fused-ring (bicyclic) bond motifs is 1. The zero-order valence-electron chi connectivity index (χ0n) is 30.2. The van der Waals surface area contributed by atoms with E-state index in [0.717, 1.165) is 32.1 Å². The molecule has 2 aromatic heterocycles. The number of nitrogens with one attached hydrogen (secondary N) is 2. The Bertz CT molecular complexity index is 2060. The minimum Gasteiger partial charge on any atom is -0.384 e. The number of pyridine rings is 1. The van der Waals surface area contributed by atoms with Crippen LogP contribution in [0.25, 0.3) is 10.9 Å². The fourth-order valence-corrected chi connectivity index (χ4v) is 9.45. The number of benzene rings is 1. The molecule has 5 N–H and O–H groups in total. The number of nitrogens with two attached hydrogens (primary N) is 1. The van der Waals surface area contributed by atoms with Gasteiger partial charge in [-0.3, -0.25) is 29.0 Å². The normalized spacial score (nSPS) is 22.0. The molecule has 1 saturated carbocycles. The van der Waals surface area contributed by atoms with Crippen LogP contribution >= 0.6 is 0 Å². The number of Topliss-reactive ketones (excluding diaryl/α,β-unsaturated/α-hetero) is 1. The zero-order valence-corrected chi connectivity index (χ0v) is 31.0. The van der Waals surface area contributed by atoms with E-state index in [1.807, 2.05) is 0 Å². The molecule has 0 bridgehead atoms. The van der Waals surface area contributed by atoms with Gasteiger partial charge < -0.3 is 26.4 Å². The smallest absolute Gasteiger partial charge is 0.287 e. The highest BCUT2D eigenvalue weighted by molar-refractivity contribution is 7.91. The number of aromatic nitrogens is 4. The van der Waals surface area contributed by atoms with Crippen LogP contribution in [0.3, 0.4) is 0 Å². The first-order chi connectivity index (χ1) is 25.5. The van der Waals surface area contributed by atoms with Crippen molar-refractivity contribution in [3.05, 3.63) is 53.7 Å². The van der Waals surface area contributed by atoms with Crippen molar-refractivity contribution in [3.63, 3.8) is 0 Å². The maximum Gasteiger partial charge on any atom is 0.287 e. The fourth-order valence-electron chi connectivity index (χ4n) is 7.92. The first kappa shape index (κ1) is 38.9. The number of rotatable bonds is 11. The van der Waals surface area contributed by atoms with Crippen molar-refractivity contribution in [3.8, 4) is 0 Å². The van der Waals surface area contributed by atoms with Crippen LogP contribution in [0.15, 0.2) is 36.7 Å². The van der Waals surface area contributed by atoms with Crippen LogP contribution in [0.2, 0.25) is 0 Å². The van der Waals surface area contributed by atoms with E-state index in [2.05, 4.69) is 25.9 Å². The molecule has 4 heterocycles. The first-order valence-electron chi connectivity index (χ1n) is 18.1. The van der Waals surface area contributed by atoms with Crippen molar-refractivity contribution >= 4 is 50.2 Å². The van der Waals surface area contributed by atoms with Gasteiger partial charge in [0.1, 0.15) is 29.0 Å². The molecule has 54 heavy (non-hydrogen) atoms. The highest BCUT2D eigenvalue weighted by Crippen LogP contribution is 2.35. The number of amides is 4. The number of ketones is 1. The molecule has 1 aliphatic carbocycles. The summed E-state index contributed by atoms with van der Waals surface area (Å²) in [5, 5.41) is 25.0. The summed E-state index contributed by atoms with van der Waals surface area (Å²) in [6.07, 6.45) is 6.76. The van der Waals surface area contributed by atoms with Crippen LogP contribution in [0.1, 0.15) is 93.7 Å². The van der Waals surface area contributed by atoms with E-state index in [1.165, 1.54) is 54.0 Å². The van der Waals surface area contributed by atoms with Crippen molar-refractivity contribution in [2.24, 2.45) is 11.7 Å². The quantitative estimate of drug-likeness (QED) is 0.202. The third kappa shape index (κ3) is 8.28. The molecule has 16 nitrogen and oxygen atoms in total. The lowest BCUT2D eigenvalue weighted by Gasteiger charge is -2.37. The average molecular weight is 769 g/mol. The summed E-state index contributed by atoms with van der Waals surface area (Å²) < 4.78 is 39.9. The summed E-state index contributed by atoms with van der Waals surface area (Å²) in [5.74, 6) is -5.82. The van der Waals surface area contributed by atoms with Gasteiger partial charge in [0.05, 0.1) is 40.5 Å². The molecule has 4 amide bonds. The molecule has 1 aromatic carbocycles. The standard InChI is InChI=1S/C36H45FN8O8S/c1-35(2,51)29-19-40-43-45(29)25-17-28(33(49)42-36(30(46)31(38)47)10-12-54(52,53)13-11-36)44(20-25)34(50)27(14-21-6-4-3-5-7-21)41-32(48)23-15-22-8-9-24(37)16-26(22)39-18-23/h8-9,15-16,18-19,21,25,27-28,51H,3-7,10-14,17,20H2,1-2H3,(H2,38,47)(H,41,48)(H,42,49)/t25-,27+,28-/m0/s1. The van der Waals surface area contributed by atoms with Gasteiger partial charge in [-0.2, -0.15) is 0 Å². The minimum atomic E-state index is -3.55. The lowest BCUT2D eigenvalue weighted by Crippen LogP contribution is -2.64. The van der Waals surface area contributed by atoms with Gasteiger partial charge in [0.15, 0.2) is 9.84 Å². The van der Waals surface area contributed by atoms with Crippen molar-refractivity contribution in [1.82, 2.24) is 35.5 Å². The van der Waals surface area contributed by atoms with Crippen molar-refractivity contribution in [2.45, 2.75) is 101 Å². The lowest BCUT2D eigenvalue weighted by atomic mass is 9.84. The van der Waals surface area contributed by atoms with Gasteiger partial charge in [-0.1, -0.05) is 37.3 Å². The first-order valence-corrected chi connectivity index (χ1v) is 19.9. The molecule has 3 aliphatic rings. The molecule has 290 valence electrons. The Kier molecular flexibility index (Phi) is 10.9. The second kappa shape index (κ2) is 15.1. The van der Waals surface area contributed by atoms with Crippen LogP contribution in [0.5, 0.6) is 0 Å². The summed E-state index contributed by atoms with van der Waals surface area (Å²) >= 11 is 0. The Balaban J connectivity index is 1.34. The maximum absolute atomic E-state index is 14.8. The summed E-state index contributed by atoms with van der Waals surface area (Å²) in [7, 11) is -3.55. The monoisotopic (exact) mass is 768 g/mol. The highest BCUT2D eigenvalue weighted by Gasteiger charge is 2.50. The Hall–Kier alpha value is -4.84. The molecule has 0 spiro atoms. The molecule has 6 rings (SSSR count). The van der Waals surface area contributed by atoms with Crippen molar-refractivity contribution in [1.29, 1.82) is 0 Å². The largest absolute Gasteiger partial charge is 0.384 e. The second-order valence-corrected chi connectivity index (χ2v) is 17.6. The number of halogens is 1. The number of hydrogen-bond donors (Lipinski definition) is 4. The van der Waals surface area contributed by atoms with Crippen molar-refractivity contribution < 1.29 is 41.9 Å². The second-order valence-electron chi connectivity index (χ2n) is 15.3. The lowest BCUT2D eigenvalue weighted by molar-refractivity contribution is -0.145. The highest BCUT2D eigenvalue weighted by atomic mass is 32.2. The van der Waals surface area contributed by atoms with E-state index >= 15 is 0 Å². The Morgan fingerprint density at radius 1 is 1.07 bits per heavy atom. The average Bonchev–Trinajstić information content (AvgIpc) is 3.81. The molecule has 18 heteroatoms. The molecule has 3 fully saturated rings. The van der Waals surface area contributed by atoms with Gasteiger partial charge >= 0.3 is 0 Å². The van der Waals surface area contributed by atoms with Crippen LogP contribution in [0.4, 0.5) is 4.39 Å². The van der Waals surface area contributed by atoms with Crippen LogP contribution in [-0.4, -0.2) is 103 Å². The minimum absolute atomic E-state index is 0.0571. The number of sulfone groups is 1. The van der Waals surface area contributed by atoms with Gasteiger partial charge in [0, 0.05) is 30.6 Å². The molecular formula is C36H45FN8O8S. The van der Waals surface area contributed by atoms with E-state index < -0.39 is 85.8 Å². The molecule has 3 aromatic rings. The fraction of sp³-hybridized carbons (Fsp3) is 0.556. The number of nitrogens with zero attached hydrogens (tertiary/aromatic N) is 5. The molecule has 2 saturated heterocycles. The van der Waals surface area contributed by atoms with Crippen molar-refractivity contribution in [2.75, 3.05) is 18.1 Å². The molecule has 0 unspecified atom stereocenters. The number of likely N-dealkylation sites (tertiary alicyclic amines) is 1. The number of carbonyl (C=O) groups is 5. The summed E-state index contributed by atoms with van der Waals surface area (Å²) in [6, 6.07) is 2.46.